The van der Waals surface area contributed by atoms with Gasteiger partial charge in [-0.2, -0.15) is 12.6 Å². The third kappa shape index (κ3) is 3.83. The van der Waals surface area contributed by atoms with E-state index in [1.54, 1.807) is 0 Å². The molecular formula is C10H12Br2OS. The Morgan fingerprint density at radius 3 is 2.36 bits per heavy atom. The summed E-state index contributed by atoms with van der Waals surface area (Å²) >= 11 is 11.0. The second-order valence-corrected chi connectivity index (χ2v) is 4.99. The van der Waals surface area contributed by atoms with Crippen molar-refractivity contribution in [1.82, 2.24) is 0 Å². The van der Waals surface area contributed by atoms with Gasteiger partial charge in [-0.15, -0.1) is 0 Å². The number of unbranched alkanes of at least 4 members (excludes halogenated alkanes) is 1. The highest BCUT2D eigenvalue weighted by Gasteiger charge is 2.04. The van der Waals surface area contributed by atoms with Crippen LogP contribution in [0.3, 0.4) is 0 Å². The minimum absolute atomic E-state index is 0.738. The van der Waals surface area contributed by atoms with Gasteiger partial charge in [0.1, 0.15) is 5.75 Å². The first-order valence-corrected chi connectivity index (χ1v) is 6.65. The minimum atomic E-state index is 0.738. The number of hydrogen-bond donors (Lipinski definition) is 1. The van der Waals surface area contributed by atoms with E-state index in [2.05, 4.69) is 44.5 Å². The predicted octanol–water partition coefficient (Wildman–Crippen LogP) is 4.30. The maximum absolute atomic E-state index is 5.64. The van der Waals surface area contributed by atoms with Gasteiger partial charge in [0, 0.05) is 0 Å². The lowest BCUT2D eigenvalue weighted by molar-refractivity contribution is 0.306. The van der Waals surface area contributed by atoms with Crippen LogP contribution >= 0.6 is 44.5 Å². The first-order valence-electron chi connectivity index (χ1n) is 4.43. The van der Waals surface area contributed by atoms with Crippen LogP contribution in [0.15, 0.2) is 27.1 Å². The molecule has 0 saturated carbocycles. The van der Waals surface area contributed by atoms with Crippen molar-refractivity contribution in [3.05, 3.63) is 27.1 Å². The second-order valence-electron chi connectivity index (χ2n) is 2.83. The van der Waals surface area contributed by atoms with Crippen molar-refractivity contribution in [3.63, 3.8) is 0 Å². The van der Waals surface area contributed by atoms with Crippen molar-refractivity contribution in [2.45, 2.75) is 12.8 Å². The summed E-state index contributed by atoms with van der Waals surface area (Å²) in [6.45, 7) is 0.738. The topological polar surface area (TPSA) is 9.23 Å². The Bertz CT molecular complexity index is 271. The van der Waals surface area contributed by atoms with Crippen LogP contribution in [0.2, 0.25) is 0 Å². The van der Waals surface area contributed by atoms with Crippen LogP contribution in [0.25, 0.3) is 0 Å². The van der Waals surface area contributed by atoms with E-state index in [1.165, 1.54) is 0 Å². The number of rotatable bonds is 5. The zero-order valence-corrected chi connectivity index (χ0v) is 11.7. The molecule has 1 aromatic carbocycles. The molecule has 0 saturated heterocycles. The Kier molecular flexibility index (Phi) is 5.98. The van der Waals surface area contributed by atoms with Gasteiger partial charge in [-0.1, -0.05) is 6.07 Å². The van der Waals surface area contributed by atoms with E-state index in [0.29, 0.717) is 0 Å². The SMILES string of the molecule is SCCCCOc1c(Br)cccc1Br. The monoisotopic (exact) mass is 338 g/mol. The molecular weight excluding hydrogens is 328 g/mol. The van der Waals surface area contributed by atoms with Crippen molar-refractivity contribution in [2.75, 3.05) is 12.4 Å². The Morgan fingerprint density at radius 1 is 1.14 bits per heavy atom. The van der Waals surface area contributed by atoms with Crippen LogP contribution in [0.1, 0.15) is 12.8 Å². The van der Waals surface area contributed by atoms with Gasteiger partial charge in [0.15, 0.2) is 0 Å². The van der Waals surface area contributed by atoms with Crippen molar-refractivity contribution < 1.29 is 4.74 Å². The maximum atomic E-state index is 5.64. The van der Waals surface area contributed by atoms with E-state index in [4.69, 9.17) is 4.74 Å². The van der Waals surface area contributed by atoms with Gasteiger partial charge >= 0.3 is 0 Å². The van der Waals surface area contributed by atoms with Crippen LogP contribution in [-0.4, -0.2) is 12.4 Å². The number of halogens is 2. The normalized spacial score (nSPS) is 10.2. The average molecular weight is 340 g/mol. The van der Waals surface area contributed by atoms with E-state index < -0.39 is 0 Å². The largest absolute Gasteiger partial charge is 0.491 e. The summed E-state index contributed by atoms with van der Waals surface area (Å²) in [5, 5.41) is 0. The molecule has 0 bridgehead atoms. The molecule has 0 N–H and O–H groups in total. The molecule has 0 atom stereocenters. The third-order valence-electron chi connectivity index (χ3n) is 1.72. The molecule has 1 aromatic rings. The second kappa shape index (κ2) is 6.75. The van der Waals surface area contributed by atoms with Gasteiger partial charge in [-0.3, -0.25) is 0 Å². The van der Waals surface area contributed by atoms with Gasteiger partial charge in [-0.25, -0.2) is 0 Å². The number of benzene rings is 1. The molecule has 0 aliphatic carbocycles. The fraction of sp³-hybridized carbons (Fsp3) is 0.400. The van der Waals surface area contributed by atoms with Gasteiger partial charge in [0.25, 0.3) is 0 Å². The van der Waals surface area contributed by atoms with E-state index in [-0.39, 0.29) is 0 Å². The van der Waals surface area contributed by atoms with Gasteiger partial charge in [-0.05, 0) is 62.6 Å². The highest BCUT2D eigenvalue weighted by Crippen LogP contribution is 2.32. The molecule has 4 heteroatoms. The van der Waals surface area contributed by atoms with E-state index in [0.717, 1.165) is 39.9 Å². The minimum Gasteiger partial charge on any atom is -0.491 e. The summed E-state index contributed by atoms with van der Waals surface area (Å²) in [6, 6.07) is 5.91. The standard InChI is InChI=1S/C10H12Br2OS/c11-8-4-3-5-9(12)10(8)13-6-1-2-7-14/h3-5,14H,1-2,6-7H2. The molecule has 0 unspecified atom stereocenters. The lowest BCUT2D eigenvalue weighted by Crippen LogP contribution is -1.98. The van der Waals surface area contributed by atoms with Gasteiger partial charge in [0.2, 0.25) is 0 Å². The van der Waals surface area contributed by atoms with Crippen molar-refractivity contribution in [3.8, 4) is 5.75 Å². The van der Waals surface area contributed by atoms with Crippen LogP contribution in [-0.2, 0) is 0 Å². The fourth-order valence-electron chi connectivity index (χ4n) is 1.01. The lowest BCUT2D eigenvalue weighted by atomic mass is 10.3. The van der Waals surface area contributed by atoms with E-state index in [9.17, 15) is 0 Å². The molecule has 1 nitrogen and oxygen atoms in total. The Morgan fingerprint density at radius 2 is 1.79 bits per heavy atom. The molecule has 1 rings (SSSR count). The number of hydrogen-bond acceptors (Lipinski definition) is 2. The molecule has 0 amide bonds. The van der Waals surface area contributed by atoms with Crippen LogP contribution in [0, 0.1) is 0 Å². The van der Waals surface area contributed by atoms with Crippen LogP contribution < -0.4 is 4.74 Å². The molecule has 0 heterocycles. The molecule has 78 valence electrons. The van der Waals surface area contributed by atoms with E-state index in [1.807, 2.05) is 18.2 Å². The number of para-hydroxylation sites is 1. The molecule has 0 aromatic heterocycles. The number of ether oxygens (including phenoxy) is 1. The quantitative estimate of drug-likeness (QED) is 0.621. The Labute approximate surface area is 107 Å². The summed E-state index contributed by atoms with van der Waals surface area (Å²) in [7, 11) is 0. The molecule has 0 fully saturated rings. The summed E-state index contributed by atoms with van der Waals surface area (Å²) in [4.78, 5) is 0. The fourth-order valence-corrected chi connectivity index (χ4v) is 2.46. The van der Waals surface area contributed by atoms with Gasteiger partial charge < -0.3 is 4.74 Å². The highest BCUT2D eigenvalue weighted by atomic mass is 79.9. The molecule has 0 aliphatic rings. The third-order valence-corrected chi connectivity index (χ3v) is 3.28. The highest BCUT2D eigenvalue weighted by molar-refractivity contribution is 9.11. The maximum Gasteiger partial charge on any atom is 0.147 e. The first kappa shape index (κ1) is 12.4. The Balaban J connectivity index is 2.49. The zero-order valence-electron chi connectivity index (χ0n) is 7.67. The smallest absolute Gasteiger partial charge is 0.147 e. The molecule has 0 aliphatic heterocycles. The molecule has 0 radical (unpaired) electrons. The molecule has 14 heavy (non-hydrogen) atoms. The predicted molar refractivity (Wildman–Crippen MR) is 70.4 cm³/mol. The van der Waals surface area contributed by atoms with Crippen LogP contribution in [0.4, 0.5) is 0 Å². The van der Waals surface area contributed by atoms with E-state index >= 15 is 0 Å². The average Bonchev–Trinajstić information content (AvgIpc) is 2.16. The summed E-state index contributed by atoms with van der Waals surface area (Å²) < 4.78 is 7.61. The van der Waals surface area contributed by atoms with Gasteiger partial charge in [0.05, 0.1) is 15.6 Å². The first-order chi connectivity index (χ1) is 6.75. The van der Waals surface area contributed by atoms with Crippen molar-refractivity contribution in [2.24, 2.45) is 0 Å². The number of thiol groups is 1. The Hall–Kier alpha value is 0.330. The van der Waals surface area contributed by atoms with Crippen molar-refractivity contribution >= 4 is 44.5 Å². The summed E-state index contributed by atoms with van der Waals surface area (Å²) in [5.41, 5.74) is 0. The summed E-state index contributed by atoms with van der Waals surface area (Å²) in [5.74, 6) is 1.80. The lowest BCUT2D eigenvalue weighted by Gasteiger charge is -2.09. The van der Waals surface area contributed by atoms with Crippen LogP contribution in [0.5, 0.6) is 5.75 Å². The molecule has 0 spiro atoms. The summed E-state index contributed by atoms with van der Waals surface area (Å²) in [6.07, 6.45) is 2.13. The zero-order chi connectivity index (χ0) is 10.4. The van der Waals surface area contributed by atoms with Crippen molar-refractivity contribution in [1.29, 1.82) is 0 Å².